The molecule has 0 aliphatic carbocycles. The number of nitrogens with one attached hydrogen (secondary N) is 1. The lowest BCUT2D eigenvalue weighted by Crippen LogP contribution is -2.24. The molecule has 2 aromatic heterocycles. The molecule has 0 atom stereocenters. The van der Waals surface area contributed by atoms with Crippen molar-refractivity contribution in [1.82, 2.24) is 25.3 Å². The minimum absolute atomic E-state index is 0.159. The molecule has 0 aliphatic rings. The van der Waals surface area contributed by atoms with Crippen LogP contribution in [0, 0.1) is 12.7 Å². The van der Waals surface area contributed by atoms with Gasteiger partial charge in [-0.2, -0.15) is 0 Å². The van der Waals surface area contributed by atoms with Crippen LogP contribution in [0.15, 0.2) is 67.0 Å². The lowest BCUT2D eigenvalue weighted by atomic mass is 10.1. The molecule has 0 radical (unpaired) electrons. The minimum Gasteiger partial charge on any atom is -0.494 e. The molecule has 0 spiro atoms. The average molecular weight is 431 g/mol. The molecule has 2 aromatic carbocycles. The summed E-state index contributed by atoms with van der Waals surface area (Å²) < 4.78 is 21.0. The van der Waals surface area contributed by atoms with Crippen LogP contribution in [0.3, 0.4) is 0 Å². The Hall–Kier alpha value is -4.07. The molecule has 4 rings (SSSR count). The Morgan fingerprint density at radius 1 is 1.12 bits per heavy atom. The van der Waals surface area contributed by atoms with Crippen LogP contribution in [0.4, 0.5) is 4.39 Å². The minimum atomic E-state index is -0.381. The van der Waals surface area contributed by atoms with E-state index in [4.69, 9.17) is 4.74 Å². The standard InChI is InChI=1S/C24H22FN5O2/c1-3-32-21-7-5-4-6-18(21)15-27-24(31)22-23(17-10-12-26-13-11-17)30(29-28-22)19-8-9-20(25)16(2)14-19/h4-14H,3,15H2,1-2H3,(H,27,31). The highest BCUT2D eigenvalue weighted by molar-refractivity contribution is 5.98. The number of carbonyl (C=O) groups excluding carboxylic acids is 1. The Morgan fingerprint density at radius 3 is 2.66 bits per heavy atom. The molecule has 0 saturated carbocycles. The van der Waals surface area contributed by atoms with E-state index in [1.54, 1.807) is 43.6 Å². The molecule has 4 aromatic rings. The number of halogens is 1. The number of para-hydroxylation sites is 1. The maximum atomic E-state index is 13.8. The van der Waals surface area contributed by atoms with Crippen molar-refractivity contribution in [3.63, 3.8) is 0 Å². The molecule has 0 bridgehead atoms. The second kappa shape index (κ2) is 9.38. The third-order valence-electron chi connectivity index (χ3n) is 4.94. The van der Waals surface area contributed by atoms with E-state index in [2.05, 4.69) is 20.6 Å². The number of hydrogen-bond acceptors (Lipinski definition) is 5. The van der Waals surface area contributed by atoms with Crippen LogP contribution in [0.5, 0.6) is 5.75 Å². The molecule has 1 amide bonds. The van der Waals surface area contributed by atoms with Gasteiger partial charge >= 0.3 is 0 Å². The lowest BCUT2D eigenvalue weighted by Gasteiger charge is -2.11. The third-order valence-corrected chi connectivity index (χ3v) is 4.94. The van der Waals surface area contributed by atoms with E-state index >= 15 is 0 Å². The third kappa shape index (κ3) is 4.34. The van der Waals surface area contributed by atoms with Gasteiger partial charge in [0.05, 0.1) is 12.3 Å². The molecule has 1 N–H and O–H groups in total. The van der Waals surface area contributed by atoms with Gasteiger partial charge in [-0.15, -0.1) is 5.10 Å². The summed E-state index contributed by atoms with van der Waals surface area (Å²) in [6.07, 6.45) is 3.26. The summed E-state index contributed by atoms with van der Waals surface area (Å²) in [4.78, 5) is 17.2. The van der Waals surface area contributed by atoms with Crippen molar-refractivity contribution in [3.8, 4) is 22.7 Å². The second-order valence-corrected chi connectivity index (χ2v) is 7.09. The zero-order valence-electron chi connectivity index (χ0n) is 17.7. The van der Waals surface area contributed by atoms with Gasteiger partial charge in [0.15, 0.2) is 5.69 Å². The highest BCUT2D eigenvalue weighted by Gasteiger charge is 2.22. The maximum absolute atomic E-state index is 13.8. The number of hydrogen-bond donors (Lipinski definition) is 1. The topological polar surface area (TPSA) is 81.9 Å². The largest absolute Gasteiger partial charge is 0.494 e. The summed E-state index contributed by atoms with van der Waals surface area (Å²) in [5.74, 6) is 0.0218. The number of ether oxygens (including phenoxy) is 1. The van der Waals surface area contributed by atoms with E-state index in [-0.39, 0.29) is 24.0 Å². The van der Waals surface area contributed by atoms with Crippen molar-refractivity contribution in [2.45, 2.75) is 20.4 Å². The highest BCUT2D eigenvalue weighted by Crippen LogP contribution is 2.26. The van der Waals surface area contributed by atoms with Crippen molar-refractivity contribution < 1.29 is 13.9 Å². The molecule has 0 fully saturated rings. The van der Waals surface area contributed by atoms with Crippen LogP contribution in [0.2, 0.25) is 0 Å². The van der Waals surface area contributed by atoms with Gasteiger partial charge in [0, 0.05) is 30.1 Å². The quantitative estimate of drug-likeness (QED) is 0.476. The maximum Gasteiger partial charge on any atom is 0.274 e. The first-order valence-corrected chi connectivity index (χ1v) is 10.2. The van der Waals surface area contributed by atoms with Crippen LogP contribution in [-0.2, 0) is 6.54 Å². The number of benzene rings is 2. The first-order valence-electron chi connectivity index (χ1n) is 10.2. The number of amides is 1. The van der Waals surface area contributed by atoms with Gasteiger partial charge in [0.25, 0.3) is 5.91 Å². The Kier molecular flexibility index (Phi) is 6.21. The van der Waals surface area contributed by atoms with E-state index in [0.717, 1.165) is 11.3 Å². The number of aryl methyl sites for hydroxylation is 1. The zero-order chi connectivity index (χ0) is 22.5. The number of nitrogens with zero attached hydrogens (tertiary/aromatic N) is 4. The Bertz CT molecular complexity index is 1240. The van der Waals surface area contributed by atoms with E-state index < -0.39 is 0 Å². The fourth-order valence-electron chi connectivity index (χ4n) is 3.35. The molecule has 2 heterocycles. The van der Waals surface area contributed by atoms with Crippen LogP contribution in [0.1, 0.15) is 28.5 Å². The van der Waals surface area contributed by atoms with Gasteiger partial charge < -0.3 is 10.1 Å². The SMILES string of the molecule is CCOc1ccccc1CNC(=O)c1nnn(-c2ccc(F)c(C)c2)c1-c1ccncc1. The summed E-state index contributed by atoms with van der Waals surface area (Å²) in [6, 6.07) is 15.7. The molecule has 162 valence electrons. The normalized spacial score (nSPS) is 10.7. The van der Waals surface area contributed by atoms with Gasteiger partial charge in [-0.3, -0.25) is 9.78 Å². The van der Waals surface area contributed by atoms with E-state index in [1.807, 2.05) is 31.2 Å². The van der Waals surface area contributed by atoms with Crippen LogP contribution in [0.25, 0.3) is 16.9 Å². The fraction of sp³-hybridized carbons (Fsp3) is 0.167. The number of rotatable bonds is 7. The lowest BCUT2D eigenvalue weighted by molar-refractivity contribution is 0.0946. The first kappa shape index (κ1) is 21.2. The van der Waals surface area contributed by atoms with E-state index in [0.29, 0.717) is 29.1 Å². The Balaban J connectivity index is 1.69. The highest BCUT2D eigenvalue weighted by atomic mass is 19.1. The van der Waals surface area contributed by atoms with Crippen molar-refractivity contribution >= 4 is 5.91 Å². The molecule has 32 heavy (non-hydrogen) atoms. The molecule has 7 nitrogen and oxygen atoms in total. The van der Waals surface area contributed by atoms with Gasteiger partial charge in [-0.1, -0.05) is 23.4 Å². The predicted octanol–water partition coefficient (Wildman–Crippen LogP) is 4.11. The van der Waals surface area contributed by atoms with Crippen molar-refractivity contribution in [1.29, 1.82) is 0 Å². The van der Waals surface area contributed by atoms with Crippen LogP contribution < -0.4 is 10.1 Å². The summed E-state index contributed by atoms with van der Waals surface area (Å²) >= 11 is 0. The van der Waals surface area contributed by atoms with Gasteiger partial charge in [-0.25, -0.2) is 9.07 Å². The first-order chi connectivity index (χ1) is 15.6. The second-order valence-electron chi connectivity index (χ2n) is 7.09. The summed E-state index contributed by atoms with van der Waals surface area (Å²) in [6.45, 7) is 4.38. The Morgan fingerprint density at radius 2 is 1.91 bits per heavy atom. The van der Waals surface area contributed by atoms with Crippen molar-refractivity contribution in [2.24, 2.45) is 0 Å². The molecule has 0 saturated heterocycles. The van der Waals surface area contributed by atoms with Gasteiger partial charge in [0.1, 0.15) is 17.3 Å². The van der Waals surface area contributed by atoms with Gasteiger partial charge in [-0.05, 0) is 55.8 Å². The monoisotopic (exact) mass is 431 g/mol. The van der Waals surface area contributed by atoms with Crippen molar-refractivity contribution in [3.05, 3.63) is 89.6 Å². The average Bonchev–Trinajstić information content (AvgIpc) is 3.26. The van der Waals surface area contributed by atoms with E-state index in [1.165, 1.54) is 10.7 Å². The number of carbonyl (C=O) groups is 1. The predicted molar refractivity (Wildman–Crippen MR) is 118 cm³/mol. The molecule has 8 heteroatoms. The Labute approximate surface area is 184 Å². The smallest absolute Gasteiger partial charge is 0.274 e. The molecule has 0 aliphatic heterocycles. The fourth-order valence-corrected chi connectivity index (χ4v) is 3.35. The summed E-state index contributed by atoms with van der Waals surface area (Å²) in [5, 5.41) is 11.2. The molecular weight excluding hydrogens is 409 g/mol. The van der Waals surface area contributed by atoms with Gasteiger partial charge in [0.2, 0.25) is 0 Å². The van der Waals surface area contributed by atoms with E-state index in [9.17, 15) is 9.18 Å². The molecular formula is C24H22FN5O2. The molecule has 0 unspecified atom stereocenters. The summed E-state index contributed by atoms with van der Waals surface area (Å²) in [5.41, 5.74) is 3.30. The van der Waals surface area contributed by atoms with Crippen LogP contribution in [-0.4, -0.2) is 32.5 Å². The summed E-state index contributed by atoms with van der Waals surface area (Å²) in [7, 11) is 0. The number of pyridine rings is 1. The van der Waals surface area contributed by atoms with Crippen LogP contribution >= 0.6 is 0 Å². The number of aromatic nitrogens is 4. The van der Waals surface area contributed by atoms with Crippen molar-refractivity contribution in [2.75, 3.05) is 6.61 Å². The zero-order valence-corrected chi connectivity index (χ0v) is 17.7.